The molecule has 0 spiro atoms. The molecule has 2 aliphatic rings. The van der Waals surface area contributed by atoms with E-state index in [0.29, 0.717) is 23.0 Å². The Morgan fingerprint density at radius 3 is 2.83 bits per heavy atom. The number of carboxylic acid groups (broad SMARTS) is 1. The molecule has 0 aliphatic carbocycles. The van der Waals surface area contributed by atoms with Gasteiger partial charge in [-0.1, -0.05) is 11.8 Å². The fourth-order valence-electron chi connectivity index (χ4n) is 2.93. The van der Waals surface area contributed by atoms with Crippen LogP contribution in [-0.2, 0) is 19.1 Å². The molecule has 9 heteroatoms. The summed E-state index contributed by atoms with van der Waals surface area (Å²) in [7, 11) is 0. The molecule has 3 heterocycles. The van der Waals surface area contributed by atoms with Crippen molar-refractivity contribution >= 4 is 30.1 Å². The minimum Gasteiger partial charge on any atom is -0.477 e. The van der Waals surface area contributed by atoms with Crippen molar-refractivity contribution in [2.45, 2.75) is 30.6 Å². The second kappa shape index (κ2) is 5.99. The van der Waals surface area contributed by atoms with Crippen molar-refractivity contribution in [1.82, 2.24) is 14.9 Å². The maximum atomic E-state index is 12.3. The third-order valence-electron chi connectivity index (χ3n) is 3.90. The van der Waals surface area contributed by atoms with Gasteiger partial charge in [-0.25, -0.2) is 14.8 Å². The second-order valence-corrected chi connectivity index (χ2v) is 6.22. The molecule has 1 saturated heterocycles. The normalized spacial score (nSPS) is 24.0. The van der Waals surface area contributed by atoms with Crippen LogP contribution in [0, 0.1) is 5.92 Å². The maximum absolute atomic E-state index is 12.3. The van der Waals surface area contributed by atoms with Crippen molar-refractivity contribution in [2.24, 2.45) is 5.92 Å². The Kier molecular flexibility index (Phi) is 4.03. The summed E-state index contributed by atoms with van der Waals surface area (Å²) in [6.45, 7) is 1.93. The summed E-state index contributed by atoms with van der Waals surface area (Å²) >= 11 is 1.14. The second-order valence-electron chi connectivity index (χ2n) is 5.15. The van der Waals surface area contributed by atoms with Crippen molar-refractivity contribution in [2.75, 3.05) is 0 Å². The molecule has 0 saturated carbocycles. The summed E-state index contributed by atoms with van der Waals surface area (Å²) in [5.41, 5.74) is -0.0352. The van der Waals surface area contributed by atoms with E-state index in [4.69, 9.17) is 4.74 Å². The first-order chi connectivity index (χ1) is 11.0. The number of aliphatic carboxylic acids is 1. The molecule has 0 bridgehead atoms. The van der Waals surface area contributed by atoms with Crippen LogP contribution in [0.25, 0.3) is 0 Å². The first-order valence-electron chi connectivity index (χ1n) is 6.88. The maximum Gasteiger partial charge on any atom is 0.353 e. The third kappa shape index (κ3) is 2.56. The lowest BCUT2D eigenvalue weighted by Crippen LogP contribution is -2.62. The smallest absolute Gasteiger partial charge is 0.353 e. The molecule has 3 rings (SSSR count). The Labute approximate surface area is 135 Å². The number of carbonyl (C=O) groups excluding carboxylic acids is 2. The Balaban J connectivity index is 1.85. The van der Waals surface area contributed by atoms with E-state index < -0.39 is 18.0 Å². The molecule has 1 amide bonds. The van der Waals surface area contributed by atoms with E-state index in [9.17, 15) is 19.5 Å². The van der Waals surface area contributed by atoms with Crippen LogP contribution in [0.1, 0.15) is 13.3 Å². The van der Waals surface area contributed by atoms with Crippen LogP contribution in [0.2, 0.25) is 0 Å². The van der Waals surface area contributed by atoms with Crippen LogP contribution >= 0.6 is 11.8 Å². The predicted molar refractivity (Wildman–Crippen MR) is 77.9 cm³/mol. The molecule has 1 fully saturated rings. The summed E-state index contributed by atoms with van der Waals surface area (Å²) in [6, 6.07) is 1.35. The van der Waals surface area contributed by atoms with Crippen molar-refractivity contribution in [3.05, 3.63) is 29.1 Å². The van der Waals surface area contributed by atoms with Crippen LogP contribution in [0.4, 0.5) is 0 Å². The molecular weight excluding hydrogens is 322 g/mol. The quantitative estimate of drug-likeness (QED) is 0.458. The van der Waals surface area contributed by atoms with Gasteiger partial charge in [-0.05, 0) is 13.0 Å². The SMILES string of the molecule is C[C@@H](OC=O)[C@H]1C(=O)N2C(C(=O)O)=C(Sc3ncccn3)C[C@H]12. The topological polar surface area (TPSA) is 110 Å². The van der Waals surface area contributed by atoms with E-state index in [2.05, 4.69) is 9.97 Å². The van der Waals surface area contributed by atoms with Gasteiger partial charge in [-0.3, -0.25) is 9.59 Å². The van der Waals surface area contributed by atoms with Gasteiger partial charge in [0.25, 0.3) is 6.47 Å². The highest BCUT2D eigenvalue weighted by Crippen LogP contribution is 2.48. The zero-order valence-corrected chi connectivity index (χ0v) is 12.9. The molecule has 0 radical (unpaired) electrons. The number of thioether (sulfide) groups is 1. The number of nitrogens with zero attached hydrogens (tertiary/aromatic N) is 3. The Bertz CT molecular complexity index is 693. The van der Waals surface area contributed by atoms with Gasteiger partial charge >= 0.3 is 5.97 Å². The number of carbonyl (C=O) groups is 3. The number of carboxylic acids is 1. The van der Waals surface area contributed by atoms with Gasteiger partial charge in [-0.2, -0.15) is 0 Å². The highest BCUT2D eigenvalue weighted by atomic mass is 32.2. The first kappa shape index (κ1) is 15.5. The lowest BCUT2D eigenvalue weighted by Gasteiger charge is -2.45. The van der Waals surface area contributed by atoms with Gasteiger partial charge < -0.3 is 14.7 Å². The highest BCUT2D eigenvalue weighted by Gasteiger charge is 2.57. The van der Waals surface area contributed by atoms with Gasteiger partial charge in [-0.15, -0.1) is 0 Å². The molecule has 3 atom stereocenters. The van der Waals surface area contributed by atoms with Crippen molar-refractivity contribution in [1.29, 1.82) is 0 Å². The standard InChI is InChI=1S/C14H13N3O5S/c1-7(22-6-18)10-8-5-9(23-14-15-3-2-4-16-14)11(13(20)21)17(8)12(10)19/h2-4,6-8,10H,5H2,1H3,(H,20,21)/t7-,8-,10-/m1/s1. The van der Waals surface area contributed by atoms with E-state index >= 15 is 0 Å². The fourth-order valence-corrected chi connectivity index (χ4v) is 3.91. The molecule has 23 heavy (non-hydrogen) atoms. The van der Waals surface area contributed by atoms with Crippen molar-refractivity contribution in [3.63, 3.8) is 0 Å². The monoisotopic (exact) mass is 335 g/mol. The molecule has 1 aromatic rings. The molecule has 1 N–H and O–H groups in total. The minimum absolute atomic E-state index is 0.0352. The van der Waals surface area contributed by atoms with Crippen LogP contribution < -0.4 is 0 Å². The summed E-state index contributed by atoms with van der Waals surface area (Å²) in [5.74, 6) is -2.03. The Hall–Kier alpha value is -2.42. The lowest BCUT2D eigenvalue weighted by molar-refractivity contribution is -0.165. The highest BCUT2D eigenvalue weighted by molar-refractivity contribution is 8.03. The van der Waals surface area contributed by atoms with E-state index in [0.717, 1.165) is 11.8 Å². The molecular formula is C14H13N3O5S. The molecule has 120 valence electrons. The largest absolute Gasteiger partial charge is 0.477 e. The average molecular weight is 335 g/mol. The predicted octanol–water partition coefficient (Wildman–Crippen LogP) is 0.657. The number of ether oxygens (including phenoxy) is 1. The Morgan fingerprint density at radius 1 is 1.52 bits per heavy atom. The number of rotatable bonds is 6. The minimum atomic E-state index is -1.17. The average Bonchev–Trinajstić information content (AvgIpc) is 2.83. The lowest BCUT2D eigenvalue weighted by atomic mass is 9.83. The number of fused-ring (bicyclic) bond motifs is 1. The van der Waals surface area contributed by atoms with Gasteiger partial charge in [0, 0.05) is 23.7 Å². The Morgan fingerprint density at radius 2 is 2.22 bits per heavy atom. The molecule has 8 nitrogen and oxygen atoms in total. The van der Waals surface area contributed by atoms with Gasteiger partial charge in [0.2, 0.25) is 5.91 Å². The summed E-state index contributed by atoms with van der Waals surface area (Å²) in [5, 5.41) is 9.86. The van der Waals surface area contributed by atoms with Crippen LogP contribution in [0.5, 0.6) is 0 Å². The first-order valence-corrected chi connectivity index (χ1v) is 7.69. The molecule has 0 aromatic carbocycles. The zero-order chi connectivity index (χ0) is 16.6. The fraction of sp³-hybridized carbons (Fsp3) is 0.357. The van der Waals surface area contributed by atoms with Gasteiger partial charge in [0.1, 0.15) is 11.8 Å². The van der Waals surface area contributed by atoms with Crippen LogP contribution in [0.15, 0.2) is 34.2 Å². The molecule has 1 aromatic heterocycles. The number of aromatic nitrogens is 2. The van der Waals surface area contributed by atoms with Crippen LogP contribution in [0.3, 0.4) is 0 Å². The number of β-lactam (4-membered cyclic amide) rings is 1. The van der Waals surface area contributed by atoms with Crippen molar-refractivity contribution < 1.29 is 24.2 Å². The number of hydrogen-bond acceptors (Lipinski definition) is 7. The van der Waals surface area contributed by atoms with Crippen LogP contribution in [-0.4, -0.2) is 50.5 Å². The molecule has 2 aliphatic heterocycles. The van der Waals surface area contributed by atoms with Gasteiger partial charge in [0.05, 0.1) is 12.0 Å². The zero-order valence-electron chi connectivity index (χ0n) is 12.1. The van der Waals surface area contributed by atoms with E-state index in [1.807, 2.05) is 0 Å². The summed E-state index contributed by atoms with van der Waals surface area (Å²) in [6.07, 6.45) is 2.92. The summed E-state index contributed by atoms with van der Waals surface area (Å²) < 4.78 is 4.85. The summed E-state index contributed by atoms with van der Waals surface area (Å²) in [4.78, 5) is 44.2. The van der Waals surface area contributed by atoms with Gasteiger partial charge in [0.15, 0.2) is 5.16 Å². The van der Waals surface area contributed by atoms with E-state index in [1.54, 1.807) is 25.4 Å². The number of amides is 1. The third-order valence-corrected chi connectivity index (χ3v) is 4.90. The number of hydrogen-bond donors (Lipinski definition) is 1. The van der Waals surface area contributed by atoms with E-state index in [-0.39, 0.29) is 17.6 Å². The van der Waals surface area contributed by atoms with E-state index in [1.165, 1.54) is 4.90 Å². The molecule has 0 unspecified atom stereocenters. The van der Waals surface area contributed by atoms with Crippen molar-refractivity contribution in [3.8, 4) is 0 Å².